The highest BCUT2D eigenvalue weighted by molar-refractivity contribution is 7.80. The van der Waals surface area contributed by atoms with Crippen LogP contribution in [-0.2, 0) is 0 Å². The first kappa shape index (κ1) is 23.9. The molecule has 0 bridgehead atoms. The van der Waals surface area contributed by atoms with Gasteiger partial charge in [0.2, 0.25) is 0 Å². The lowest BCUT2D eigenvalue weighted by Gasteiger charge is -2.28. The maximum absolute atomic E-state index is 13.4. The number of halogens is 2. The molecule has 5 rings (SSSR count). The van der Waals surface area contributed by atoms with E-state index in [9.17, 15) is 4.79 Å². The minimum Gasteiger partial charge on any atom is -0.493 e. The molecule has 0 fully saturated rings. The Morgan fingerprint density at radius 1 is 1.06 bits per heavy atom. The van der Waals surface area contributed by atoms with Crippen molar-refractivity contribution in [2.45, 2.75) is 32.2 Å². The Bertz CT molecular complexity index is 1490. The number of hydrogen-bond donors (Lipinski definition) is 1. The number of para-hydroxylation sites is 2. The fourth-order valence-electron chi connectivity index (χ4n) is 4.72. The van der Waals surface area contributed by atoms with Crippen molar-refractivity contribution in [1.82, 2.24) is 5.32 Å². The molecule has 0 amide bonds. The van der Waals surface area contributed by atoms with Crippen LogP contribution in [0.25, 0.3) is 22.1 Å². The highest BCUT2D eigenvalue weighted by atomic mass is 35.5. The van der Waals surface area contributed by atoms with Crippen molar-refractivity contribution in [1.29, 1.82) is 0 Å². The van der Waals surface area contributed by atoms with Crippen LogP contribution in [0.3, 0.4) is 0 Å². The average molecular weight is 524 g/mol. The largest absolute Gasteiger partial charge is 0.493 e. The SMILES string of the molecule is CC(C)c1c(C(=S)N[C@H]2CCOc3ccccc32)c(=O)oc2c(-c3cc(Cl)cc(Cl)c3)cccc12. The third kappa shape index (κ3) is 4.56. The van der Waals surface area contributed by atoms with Crippen molar-refractivity contribution in [2.24, 2.45) is 0 Å². The predicted octanol–water partition coefficient (Wildman–Crippen LogP) is 7.68. The summed E-state index contributed by atoms with van der Waals surface area (Å²) in [6.07, 6.45) is 0.743. The van der Waals surface area contributed by atoms with Gasteiger partial charge in [-0.3, -0.25) is 0 Å². The fraction of sp³-hybridized carbons (Fsp3) is 0.214. The quantitative estimate of drug-likeness (QED) is 0.219. The maximum Gasteiger partial charge on any atom is 0.346 e. The van der Waals surface area contributed by atoms with Crippen LogP contribution in [-0.4, -0.2) is 11.6 Å². The van der Waals surface area contributed by atoms with E-state index in [1.165, 1.54) is 0 Å². The van der Waals surface area contributed by atoms with E-state index in [1.807, 2.05) is 56.3 Å². The van der Waals surface area contributed by atoms with E-state index >= 15 is 0 Å². The van der Waals surface area contributed by atoms with Crippen LogP contribution in [0.2, 0.25) is 10.0 Å². The second kappa shape index (κ2) is 9.65. The maximum atomic E-state index is 13.4. The number of thiocarbonyl (C=S) groups is 1. The van der Waals surface area contributed by atoms with Crippen LogP contribution in [0.1, 0.15) is 48.9 Å². The lowest BCUT2D eigenvalue weighted by atomic mass is 9.91. The summed E-state index contributed by atoms with van der Waals surface area (Å²) >= 11 is 18.3. The number of hydrogen-bond acceptors (Lipinski definition) is 4. The summed E-state index contributed by atoms with van der Waals surface area (Å²) in [6.45, 7) is 4.67. The Morgan fingerprint density at radius 2 is 1.80 bits per heavy atom. The minimum absolute atomic E-state index is 0.0246. The summed E-state index contributed by atoms with van der Waals surface area (Å²) in [5.74, 6) is 0.857. The van der Waals surface area contributed by atoms with E-state index in [0.29, 0.717) is 32.8 Å². The molecule has 2 heterocycles. The minimum atomic E-state index is -0.473. The highest BCUT2D eigenvalue weighted by Gasteiger charge is 2.26. The molecule has 7 heteroatoms. The summed E-state index contributed by atoms with van der Waals surface area (Å²) in [7, 11) is 0. The van der Waals surface area contributed by atoms with Gasteiger partial charge >= 0.3 is 5.63 Å². The van der Waals surface area contributed by atoms with Gasteiger partial charge in [0.25, 0.3) is 0 Å². The first-order valence-corrected chi connectivity index (χ1v) is 12.6. The topological polar surface area (TPSA) is 51.5 Å². The second-order valence-corrected chi connectivity index (χ2v) is 10.2. The van der Waals surface area contributed by atoms with Crippen molar-refractivity contribution in [3.05, 3.63) is 97.8 Å². The van der Waals surface area contributed by atoms with E-state index in [1.54, 1.807) is 18.2 Å². The fourth-order valence-corrected chi connectivity index (χ4v) is 5.58. The molecule has 0 radical (unpaired) electrons. The predicted molar refractivity (Wildman–Crippen MR) is 146 cm³/mol. The van der Waals surface area contributed by atoms with E-state index in [2.05, 4.69) is 5.32 Å². The smallest absolute Gasteiger partial charge is 0.346 e. The molecule has 1 N–H and O–H groups in total. The van der Waals surface area contributed by atoms with Gasteiger partial charge in [-0.05, 0) is 41.3 Å². The number of benzene rings is 3. The Kier molecular flexibility index (Phi) is 6.58. The lowest BCUT2D eigenvalue weighted by molar-refractivity contribution is 0.262. The zero-order valence-corrected chi connectivity index (χ0v) is 21.6. The van der Waals surface area contributed by atoms with Gasteiger partial charge in [-0.25, -0.2) is 4.79 Å². The molecule has 1 aliphatic heterocycles. The molecular formula is C28H23Cl2NO3S. The molecule has 0 aliphatic carbocycles. The van der Waals surface area contributed by atoms with Crippen LogP contribution in [0.5, 0.6) is 5.75 Å². The average Bonchev–Trinajstić information content (AvgIpc) is 2.82. The van der Waals surface area contributed by atoms with Gasteiger partial charge in [0.1, 0.15) is 16.3 Å². The van der Waals surface area contributed by atoms with Gasteiger partial charge < -0.3 is 14.5 Å². The summed E-state index contributed by atoms with van der Waals surface area (Å²) in [6, 6.07) is 18.9. The van der Waals surface area contributed by atoms with E-state index in [-0.39, 0.29) is 12.0 Å². The molecule has 0 saturated heterocycles. The third-order valence-corrected chi connectivity index (χ3v) is 6.97. The van der Waals surface area contributed by atoms with Gasteiger partial charge in [-0.2, -0.15) is 0 Å². The van der Waals surface area contributed by atoms with Gasteiger partial charge in [0, 0.05) is 33.0 Å². The summed E-state index contributed by atoms with van der Waals surface area (Å²) < 4.78 is 11.7. The van der Waals surface area contributed by atoms with Crippen molar-refractivity contribution >= 4 is 51.4 Å². The first-order chi connectivity index (χ1) is 16.8. The summed E-state index contributed by atoms with van der Waals surface area (Å²) in [5.41, 5.74) is 3.81. The third-order valence-electron chi connectivity index (χ3n) is 6.22. The number of ether oxygens (including phenoxy) is 1. The molecule has 0 spiro atoms. The van der Waals surface area contributed by atoms with Crippen LogP contribution < -0.4 is 15.7 Å². The Hall–Kier alpha value is -2.86. The molecule has 1 aliphatic rings. The number of nitrogens with one attached hydrogen (secondary N) is 1. The van der Waals surface area contributed by atoms with Crippen molar-refractivity contribution in [3.8, 4) is 16.9 Å². The molecule has 178 valence electrons. The zero-order valence-electron chi connectivity index (χ0n) is 19.2. The molecule has 3 aromatic carbocycles. The Balaban J connectivity index is 1.63. The normalized spacial score (nSPS) is 15.1. The Morgan fingerprint density at radius 3 is 2.54 bits per heavy atom. The van der Waals surface area contributed by atoms with E-state index in [0.717, 1.165) is 39.8 Å². The van der Waals surface area contributed by atoms with Crippen LogP contribution >= 0.6 is 35.4 Å². The van der Waals surface area contributed by atoms with Gasteiger partial charge in [-0.1, -0.05) is 85.7 Å². The first-order valence-electron chi connectivity index (χ1n) is 11.4. The van der Waals surface area contributed by atoms with Gasteiger partial charge in [0.15, 0.2) is 0 Å². The van der Waals surface area contributed by atoms with Crippen molar-refractivity contribution in [2.75, 3.05) is 6.61 Å². The molecule has 1 atom stereocenters. The number of rotatable bonds is 4. The van der Waals surface area contributed by atoms with Crippen LogP contribution in [0.4, 0.5) is 0 Å². The summed E-state index contributed by atoms with van der Waals surface area (Å²) in [4.78, 5) is 13.8. The Labute approximate surface area is 218 Å². The molecule has 4 nitrogen and oxygen atoms in total. The molecule has 1 aromatic heterocycles. The van der Waals surface area contributed by atoms with Crippen LogP contribution in [0.15, 0.2) is 69.9 Å². The molecule has 35 heavy (non-hydrogen) atoms. The van der Waals surface area contributed by atoms with Gasteiger partial charge in [-0.15, -0.1) is 0 Å². The molecular weight excluding hydrogens is 501 g/mol. The lowest BCUT2D eigenvalue weighted by Crippen LogP contribution is -2.35. The van der Waals surface area contributed by atoms with Crippen LogP contribution in [0, 0.1) is 0 Å². The van der Waals surface area contributed by atoms with Crippen molar-refractivity contribution in [3.63, 3.8) is 0 Å². The van der Waals surface area contributed by atoms with E-state index < -0.39 is 5.63 Å². The monoisotopic (exact) mass is 523 g/mol. The van der Waals surface area contributed by atoms with Gasteiger partial charge in [0.05, 0.1) is 18.2 Å². The molecule has 0 unspecified atom stereocenters. The standard InChI is InChI=1S/C28H23Cl2NO3S/c1-15(2)24-21-8-5-7-19(16-12-17(29)14-18(30)13-16)26(21)34-28(32)25(24)27(35)31-22-10-11-33-23-9-4-3-6-20(22)23/h3-9,12-15,22H,10-11H2,1-2H3,(H,31,35)/t22-/m0/s1. The van der Waals surface area contributed by atoms with Crippen molar-refractivity contribution < 1.29 is 9.15 Å². The highest BCUT2D eigenvalue weighted by Crippen LogP contribution is 2.37. The second-order valence-electron chi connectivity index (χ2n) is 8.87. The molecule has 4 aromatic rings. The molecule has 0 saturated carbocycles. The zero-order chi connectivity index (χ0) is 24.7. The summed E-state index contributed by atoms with van der Waals surface area (Å²) in [5, 5.41) is 5.26. The van der Waals surface area contributed by atoms with E-state index in [4.69, 9.17) is 44.6 Å². The number of fused-ring (bicyclic) bond motifs is 2.